The first kappa shape index (κ1) is 19.7. The fourth-order valence-corrected chi connectivity index (χ4v) is 2.85. The van der Waals surface area contributed by atoms with Gasteiger partial charge in [0.15, 0.2) is 0 Å². The Labute approximate surface area is 151 Å². The Balaban J connectivity index is 1.72. The fourth-order valence-electron chi connectivity index (χ4n) is 2.85. The van der Waals surface area contributed by atoms with Crippen molar-refractivity contribution in [3.8, 4) is 0 Å². The normalized spacial score (nSPS) is 18.0. The Kier molecular flexibility index (Phi) is 7.26. The molecule has 1 saturated heterocycles. The Morgan fingerprint density at radius 1 is 1.12 bits per heavy atom. The molecule has 1 aromatic carbocycles. The van der Waals surface area contributed by atoms with Gasteiger partial charge in [-0.3, -0.25) is 4.90 Å². The van der Waals surface area contributed by atoms with Gasteiger partial charge in [-0.1, -0.05) is 44.5 Å². The topological polar surface area (TPSA) is 64.6 Å². The van der Waals surface area contributed by atoms with E-state index in [2.05, 4.69) is 39.8 Å². The lowest BCUT2D eigenvalue weighted by Crippen LogP contribution is -2.47. The van der Waals surface area contributed by atoms with Crippen LogP contribution < -0.4 is 10.6 Å². The third kappa shape index (κ3) is 6.67. The van der Waals surface area contributed by atoms with E-state index in [0.717, 1.165) is 12.1 Å². The number of urea groups is 1. The highest BCUT2D eigenvalue weighted by Crippen LogP contribution is 2.15. The monoisotopic (exact) mass is 347 g/mol. The first-order valence-corrected chi connectivity index (χ1v) is 9.41. The SMILES string of the molecule is CC(C)C(C)(O)CNC(=O)NCc1ccc(CN2CCCCC2)cc1. The van der Waals surface area contributed by atoms with Crippen molar-refractivity contribution in [1.82, 2.24) is 15.5 Å². The van der Waals surface area contributed by atoms with Crippen LogP contribution in [0.15, 0.2) is 24.3 Å². The van der Waals surface area contributed by atoms with Crippen molar-refractivity contribution in [2.24, 2.45) is 5.92 Å². The van der Waals surface area contributed by atoms with E-state index in [1.807, 2.05) is 13.8 Å². The lowest BCUT2D eigenvalue weighted by molar-refractivity contribution is 0.0166. The number of nitrogens with zero attached hydrogens (tertiary/aromatic N) is 1. The molecule has 1 atom stereocenters. The van der Waals surface area contributed by atoms with Crippen LogP contribution in [0.1, 0.15) is 51.2 Å². The van der Waals surface area contributed by atoms with Gasteiger partial charge in [0.1, 0.15) is 0 Å². The van der Waals surface area contributed by atoms with E-state index in [1.165, 1.54) is 37.9 Å². The van der Waals surface area contributed by atoms with Crippen LogP contribution in [0.25, 0.3) is 0 Å². The molecule has 1 aliphatic heterocycles. The van der Waals surface area contributed by atoms with E-state index in [0.29, 0.717) is 6.54 Å². The van der Waals surface area contributed by atoms with Gasteiger partial charge >= 0.3 is 6.03 Å². The van der Waals surface area contributed by atoms with Crippen LogP contribution in [-0.2, 0) is 13.1 Å². The van der Waals surface area contributed by atoms with E-state index in [-0.39, 0.29) is 18.5 Å². The van der Waals surface area contributed by atoms with Gasteiger partial charge in [0.2, 0.25) is 0 Å². The molecule has 1 heterocycles. The number of piperidine rings is 1. The van der Waals surface area contributed by atoms with E-state index < -0.39 is 5.60 Å². The molecule has 0 spiro atoms. The van der Waals surface area contributed by atoms with Gasteiger partial charge < -0.3 is 15.7 Å². The molecular formula is C20H33N3O2. The molecule has 1 unspecified atom stereocenters. The minimum Gasteiger partial charge on any atom is -0.388 e. The highest BCUT2D eigenvalue weighted by atomic mass is 16.3. The molecule has 2 amide bonds. The second-order valence-electron chi connectivity index (χ2n) is 7.70. The van der Waals surface area contributed by atoms with Crippen molar-refractivity contribution in [2.45, 2.75) is 58.7 Å². The number of nitrogens with one attached hydrogen (secondary N) is 2. The Morgan fingerprint density at radius 2 is 1.72 bits per heavy atom. The number of carbonyl (C=O) groups is 1. The summed E-state index contributed by atoms with van der Waals surface area (Å²) in [6, 6.07) is 8.19. The quantitative estimate of drug-likeness (QED) is 0.711. The maximum absolute atomic E-state index is 11.9. The van der Waals surface area contributed by atoms with Crippen molar-refractivity contribution in [3.05, 3.63) is 35.4 Å². The maximum Gasteiger partial charge on any atom is 0.315 e. The molecule has 25 heavy (non-hydrogen) atoms. The predicted octanol–water partition coefficient (Wildman–Crippen LogP) is 2.88. The second-order valence-corrected chi connectivity index (χ2v) is 7.70. The van der Waals surface area contributed by atoms with Crippen molar-refractivity contribution >= 4 is 6.03 Å². The summed E-state index contributed by atoms with van der Waals surface area (Å²) in [5.74, 6) is 0.0836. The molecule has 3 N–H and O–H groups in total. The van der Waals surface area contributed by atoms with Crippen LogP contribution in [0.2, 0.25) is 0 Å². The molecule has 0 aromatic heterocycles. The van der Waals surface area contributed by atoms with E-state index >= 15 is 0 Å². The van der Waals surface area contributed by atoms with Gasteiger partial charge in [-0.25, -0.2) is 4.79 Å². The Hall–Kier alpha value is -1.59. The molecule has 5 heteroatoms. The molecule has 1 fully saturated rings. The smallest absolute Gasteiger partial charge is 0.315 e. The number of amides is 2. The number of hydrogen-bond donors (Lipinski definition) is 3. The maximum atomic E-state index is 11.9. The second kappa shape index (κ2) is 9.20. The summed E-state index contributed by atoms with van der Waals surface area (Å²) in [7, 11) is 0. The summed E-state index contributed by atoms with van der Waals surface area (Å²) >= 11 is 0. The first-order valence-electron chi connectivity index (χ1n) is 9.41. The molecule has 1 aliphatic rings. The lowest BCUT2D eigenvalue weighted by Gasteiger charge is -2.27. The van der Waals surface area contributed by atoms with Crippen molar-refractivity contribution in [3.63, 3.8) is 0 Å². The van der Waals surface area contributed by atoms with Gasteiger partial charge in [-0.05, 0) is 49.9 Å². The summed E-state index contributed by atoms with van der Waals surface area (Å²) in [5.41, 5.74) is 1.50. The molecule has 0 bridgehead atoms. The minimum atomic E-state index is -0.895. The standard InChI is InChI=1S/C20H33N3O2/c1-16(2)20(3,25)15-22-19(24)21-13-17-7-9-18(10-8-17)14-23-11-5-4-6-12-23/h7-10,16,25H,4-6,11-15H2,1-3H3,(H2,21,22,24). The average molecular weight is 348 g/mol. The minimum absolute atomic E-state index is 0.0836. The van der Waals surface area contributed by atoms with E-state index in [1.54, 1.807) is 6.92 Å². The summed E-state index contributed by atoms with van der Waals surface area (Å²) in [6.07, 6.45) is 3.97. The summed E-state index contributed by atoms with van der Waals surface area (Å²) in [4.78, 5) is 14.4. The lowest BCUT2D eigenvalue weighted by atomic mass is 9.93. The highest BCUT2D eigenvalue weighted by molar-refractivity contribution is 5.73. The average Bonchev–Trinajstić information content (AvgIpc) is 2.60. The molecular weight excluding hydrogens is 314 g/mol. The van der Waals surface area contributed by atoms with E-state index in [4.69, 9.17) is 0 Å². The number of rotatable bonds is 7. The van der Waals surface area contributed by atoms with Crippen molar-refractivity contribution in [2.75, 3.05) is 19.6 Å². The molecule has 140 valence electrons. The van der Waals surface area contributed by atoms with Crippen molar-refractivity contribution in [1.29, 1.82) is 0 Å². The number of carbonyl (C=O) groups excluding carboxylic acids is 1. The Bertz CT molecular complexity index is 534. The predicted molar refractivity (Wildman–Crippen MR) is 101 cm³/mol. The van der Waals surface area contributed by atoms with Crippen LogP contribution in [0.4, 0.5) is 4.79 Å². The van der Waals surface area contributed by atoms with Crippen LogP contribution in [-0.4, -0.2) is 41.3 Å². The summed E-state index contributed by atoms with van der Waals surface area (Å²) in [6.45, 7) is 9.74. The van der Waals surface area contributed by atoms with Crippen LogP contribution in [0.5, 0.6) is 0 Å². The fraction of sp³-hybridized carbons (Fsp3) is 0.650. The van der Waals surface area contributed by atoms with Gasteiger partial charge in [0.25, 0.3) is 0 Å². The summed E-state index contributed by atoms with van der Waals surface area (Å²) in [5, 5.41) is 15.7. The number of likely N-dealkylation sites (tertiary alicyclic amines) is 1. The number of benzene rings is 1. The largest absolute Gasteiger partial charge is 0.388 e. The van der Waals surface area contributed by atoms with Gasteiger partial charge in [-0.2, -0.15) is 0 Å². The third-order valence-corrected chi connectivity index (χ3v) is 5.18. The molecule has 0 aliphatic carbocycles. The van der Waals surface area contributed by atoms with Crippen LogP contribution >= 0.6 is 0 Å². The third-order valence-electron chi connectivity index (χ3n) is 5.18. The number of aliphatic hydroxyl groups is 1. The molecule has 2 rings (SSSR count). The van der Waals surface area contributed by atoms with E-state index in [9.17, 15) is 9.90 Å². The van der Waals surface area contributed by atoms with Gasteiger partial charge in [0.05, 0.1) is 5.60 Å². The summed E-state index contributed by atoms with van der Waals surface area (Å²) < 4.78 is 0. The zero-order chi connectivity index (χ0) is 18.3. The number of hydrogen-bond acceptors (Lipinski definition) is 3. The van der Waals surface area contributed by atoms with Gasteiger partial charge in [-0.15, -0.1) is 0 Å². The molecule has 0 radical (unpaired) electrons. The van der Waals surface area contributed by atoms with Gasteiger partial charge in [0, 0.05) is 19.6 Å². The molecule has 5 nitrogen and oxygen atoms in total. The zero-order valence-electron chi connectivity index (χ0n) is 15.8. The first-order chi connectivity index (χ1) is 11.9. The highest BCUT2D eigenvalue weighted by Gasteiger charge is 2.25. The van der Waals surface area contributed by atoms with Crippen LogP contribution in [0, 0.1) is 5.92 Å². The van der Waals surface area contributed by atoms with Crippen LogP contribution in [0.3, 0.4) is 0 Å². The van der Waals surface area contributed by atoms with Crippen molar-refractivity contribution < 1.29 is 9.90 Å². The molecule has 0 saturated carbocycles. The Morgan fingerprint density at radius 3 is 2.32 bits per heavy atom. The zero-order valence-corrected chi connectivity index (χ0v) is 15.8. The molecule has 1 aromatic rings.